The highest BCUT2D eigenvalue weighted by Gasteiger charge is 2.14. The van der Waals surface area contributed by atoms with Crippen molar-refractivity contribution < 1.29 is 4.52 Å². The zero-order valence-corrected chi connectivity index (χ0v) is 17.3. The van der Waals surface area contributed by atoms with E-state index < -0.39 is 0 Å². The molecule has 0 unspecified atom stereocenters. The number of hydrogen-bond acceptors (Lipinski definition) is 6. The highest BCUT2D eigenvalue weighted by molar-refractivity contribution is 5.86. The summed E-state index contributed by atoms with van der Waals surface area (Å²) in [5.74, 6) is 0.760. The van der Waals surface area contributed by atoms with E-state index in [-0.39, 0.29) is 24.8 Å². The van der Waals surface area contributed by atoms with Crippen LogP contribution in [0.15, 0.2) is 69.1 Å². The maximum atomic E-state index is 5.65. The van der Waals surface area contributed by atoms with Gasteiger partial charge in [-0.2, -0.15) is 0 Å². The van der Waals surface area contributed by atoms with Gasteiger partial charge < -0.3 is 14.3 Å². The Morgan fingerprint density at radius 3 is 1.90 bits per heavy atom. The molecule has 0 bridgehead atoms. The van der Waals surface area contributed by atoms with Crippen LogP contribution in [0.25, 0.3) is 22.6 Å². The molecule has 0 radical (unpaired) electrons. The van der Waals surface area contributed by atoms with E-state index in [0.29, 0.717) is 0 Å². The number of anilines is 2. The normalized spacial score (nSPS) is 14.8. The third-order valence-corrected chi connectivity index (χ3v) is 4.83. The lowest BCUT2D eigenvalue weighted by Crippen LogP contribution is -2.17. The topological polar surface area (TPSA) is 57.2 Å². The van der Waals surface area contributed by atoms with Gasteiger partial charge >= 0.3 is 0 Å². The largest absolute Gasteiger partial charge is 0.356 e. The van der Waals surface area contributed by atoms with Gasteiger partial charge in [-0.1, -0.05) is 29.4 Å². The minimum Gasteiger partial charge on any atom is -0.356 e. The van der Waals surface area contributed by atoms with E-state index in [0.717, 1.165) is 60.1 Å². The first-order valence-corrected chi connectivity index (χ1v) is 9.08. The highest BCUT2D eigenvalue weighted by Crippen LogP contribution is 2.30. The lowest BCUT2D eigenvalue weighted by molar-refractivity contribution is 0.435. The van der Waals surface area contributed by atoms with Crippen molar-refractivity contribution in [3.8, 4) is 22.6 Å². The number of rotatable bonds is 4. The van der Waals surface area contributed by atoms with Gasteiger partial charge in [-0.3, -0.25) is 9.98 Å². The van der Waals surface area contributed by atoms with Crippen LogP contribution in [0.1, 0.15) is 0 Å². The second-order valence-corrected chi connectivity index (χ2v) is 6.61. The predicted octanol–water partition coefficient (Wildman–Crippen LogP) is 4.55. The highest BCUT2D eigenvalue weighted by atomic mass is 35.5. The number of hydrogen-bond donors (Lipinski definition) is 0. The fraction of sp³-hybridized carbons (Fsp3) is 0.190. The average molecular weight is 430 g/mol. The molecule has 29 heavy (non-hydrogen) atoms. The smallest absolute Gasteiger partial charge is 0.167 e. The number of aliphatic imine (C=N–C) groups is 2. The molecule has 0 atom stereocenters. The van der Waals surface area contributed by atoms with Gasteiger partial charge in [0.15, 0.2) is 5.76 Å². The second-order valence-electron chi connectivity index (χ2n) is 6.61. The molecule has 5 rings (SSSR count). The molecule has 0 spiro atoms. The number of nitrogens with zero attached hydrogens (tertiary/aromatic N) is 5. The molecular formula is C21H21Cl2N5O. The third-order valence-electron chi connectivity index (χ3n) is 4.83. The van der Waals surface area contributed by atoms with Crippen LogP contribution in [0, 0.1) is 0 Å². The summed E-state index contributed by atoms with van der Waals surface area (Å²) in [6.45, 7) is 3.52. The quantitative estimate of drug-likeness (QED) is 0.610. The summed E-state index contributed by atoms with van der Waals surface area (Å²) in [5, 5.41) is 4.29. The Hall–Kier alpha value is -2.83. The zero-order valence-electron chi connectivity index (χ0n) is 15.6. The van der Waals surface area contributed by atoms with Gasteiger partial charge in [0.25, 0.3) is 0 Å². The summed E-state index contributed by atoms with van der Waals surface area (Å²) < 4.78 is 5.65. The lowest BCUT2D eigenvalue weighted by Gasteiger charge is -2.14. The summed E-state index contributed by atoms with van der Waals surface area (Å²) in [4.78, 5) is 12.8. The van der Waals surface area contributed by atoms with Crippen molar-refractivity contribution in [3.05, 3.63) is 54.6 Å². The van der Waals surface area contributed by atoms with Gasteiger partial charge in [0.1, 0.15) is 5.69 Å². The number of benzene rings is 2. The zero-order chi connectivity index (χ0) is 18.1. The molecule has 0 amide bonds. The molecule has 2 aliphatic heterocycles. The molecule has 8 heteroatoms. The van der Waals surface area contributed by atoms with Gasteiger partial charge in [0.2, 0.25) is 0 Å². The third kappa shape index (κ3) is 4.28. The van der Waals surface area contributed by atoms with Gasteiger partial charge in [0, 0.05) is 41.7 Å². The Morgan fingerprint density at radius 2 is 1.31 bits per heavy atom. The Bertz CT molecular complexity index is 953. The maximum Gasteiger partial charge on any atom is 0.167 e. The van der Waals surface area contributed by atoms with Crippen LogP contribution in [0.2, 0.25) is 0 Å². The van der Waals surface area contributed by atoms with E-state index >= 15 is 0 Å². The monoisotopic (exact) mass is 429 g/mol. The second kappa shape index (κ2) is 9.11. The average Bonchev–Trinajstić information content (AvgIpc) is 3.51. The molecule has 0 saturated carbocycles. The Labute approximate surface area is 181 Å². The van der Waals surface area contributed by atoms with E-state index in [9.17, 15) is 0 Å². The van der Waals surface area contributed by atoms with Crippen molar-refractivity contribution in [2.24, 2.45) is 9.98 Å². The molecule has 2 aliphatic rings. The molecular weight excluding hydrogens is 409 g/mol. The van der Waals surface area contributed by atoms with E-state index in [2.05, 4.69) is 55.3 Å². The standard InChI is InChI=1S/C21H19N5O.2ClH/c1-3-16(11-18(5-1)25-9-7-22-14-25)20-13-21(27-24-20)17-4-2-6-19(12-17)26-10-8-23-15-26;;/h1-6,11-15H,7-10H2;2*1H. The predicted molar refractivity (Wildman–Crippen MR) is 123 cm³/mol. The van der Waals surface area contributed by atoms with Crippen molar-refractivity contribution in [2.75, 3.05) is 36.0 Å². The SMILES string of the molecule is C1=NCCN1c1cccc(-c2cc(-c3cccc(N4C=NCC4)c3)on2)c1.Cl.Cl. The molecule has 0 fully saturated rings. The first-order valence-electron chi connectivity index (χ1n) is 9.08. The molecule has 150 valence electrons. The van der Waals surface area contributed by atoms with Crippen molar-refractivity contribution in [1.29, 1.82) is 0 Å². The summed E-state index contributed by atoms with van der Waals surface area (Å²) in [6, 6.07) is 18.6. The van der Waals surface area contributed by atoms with Crippen molar-refractivity contribution in [2.45, 2.75) is 0 Å². The maximum absolute atomic E-state index is 5.65. The fourth-order valence-electron chi connectivity index (χ4n) is 3.38. The van der Waals surface area contributed by atoms with E-state index in [1.165, 1.54) is 0 Å². The molecule has 0 saturated heterocycles. The molecule has 3 heterocycles. The Balaban J connectivity index is 0.00000120. The van der Waals surface area contributed by atoms with Gasteiger partial charge in [-0.15, -0.1) is 24.8 Å². The van der Waals surface area contributed by atoms with Gasteiger partial charge in [-0.05, 0) is 24.3 Å². The summed E-state index contributed by atoms with van der Waals surface area (Å²) in [6.07, 6.45) is 3.78. The fourth-order valence-corrected chi connectivity index (χ4v) is 3.38. The van der Waals surface area contributed by atoms with Crippen LogP contribution in [0.3, 0.4) is 0 Å². The van der Waals surface area contributed by atoms with Crippen LogP contribution in [-0.2, 0) is 0 Å². The summed E-state index contributed by atoms with van der Waals surface area (Å²) in [7, 11) is 0. The van der Waals surface area contributed by atoms with Crippen LogP contribution in [0.5, 0.6) is 0 Å². The van der Waals surface area contributed by atoms with Crippen molar-refractivity contribution in [3.63, 3.8) is 0 Å². The molecule has 3 aromatic rings. The first-order chi connectivity index (χ1) is 13.4. The molecule has 0 aliphatic carbocycles. The van der Waals surface area contributed by atoms with Gasteiger partial charge in [0.05, 0.1) is 25.8 Å². The van der Waals surface area contributed by atoms with Crippen LogP contribution in [-0.4, -0.2) is 44.0 Å². The molecule has 2 aromatic carbocycles. The van der Waals surface area contributed by atoms with Crippen LogP contribution < -0.4 is 9.80 Å². The van der Waals surface area contributed by atoms with Crippen LogP contribution in [0.4, 0.5) is 11.4 Å². The number of aromatic nitrogens is 1. The minimum atomic E-state index is 0. The molecule has 6 nitrogen and oxygen atoms in total. The first kappa shape index (κ1) is 20.9. The van der Waals surface area contributed by atoms with Crippen molar-refractivity contribution >= 4 is 48.9 Å². The van der Waals surface area contributed by atoms with Gasteiger partial charge in [-0.25, -0.2) is 0 Å². The van der Waals surface area contributed by atoms with Crippen molar-refractivity contribution in [1.82, 2.24) is 5.16 Å². The Morgan fingerprint density at radius 1 is 0.724 bits per heavy atom. The van der Waals surface area contributed by atoms with E-state index in [1.807, 2.05) is 36.9 Å². The summed E-state index contributed by atoms with van der Waals surface area (Å²) >= 11 is 0. The van der Waals surface area contributed by atoms with E-state index in [1.54, 1.807) is 0 Å². The van der Waals surface area contributed by atoms with Crippen LogP contribution >= 0.6 is 24.8 Å². The minimum absolute atomic E-state index is 0. The summed E-state index contributed by atoms with van der Waals surface area (Å²) in [5.41, 5.74) is 5.10. The Kier molecular flexibility index (Phi) is 6.56. The lowest BCUT2D eigenvalue weighted by atomic mass is 10.1. The van der Waals surface area contributed by atoms with E-state index in [4.69, 9.17) is 4.52 Å². The number of halogens is 2. The molecule has 1 aromatic heterocycles. The molecule has 0 N–H and O–H groups in total.